The van der Waals surface area contributed by atoms with Crippen LogP contribution in [0.3, 0.4) is 0 Å². The van der Waals surface area contributed by atoms with Crippen LogP contribution >= 0.6 is 0 Å². The Hall–Kier alpha value is -1.20. The molecule has 5 heteroatoms. The van der Waals surface area contributed by atoms with Gasteiger partial charge < -0.3 is 15.2 Å². The molecule has 0 amide bonds. The molecule has 1 aromatic heterocycles. The molecule has 0 radical (unpaired) electrons. The Bertz CT molecular complexity index is 403. The summed E-state index contributed by atoms with van der Waals surface area (Å²) >= 11 is 0. The van der Waals surface area contributed by atoms with Crippen molar-refractivity contribution in [3.05, 3.63) is 17.6 Å². The van der Waals surface area contributed by atoms with Gasteiger partial charge in [-0.05, 0) is 26.7 Å². The maximum absolute atomic E-state index is 9.18. The number of aryl methyl sites for hydroxylation is 2. The third kappa shape index (κ3) is 2.97. The fourth-order valence-electron chi connectivity index (χ4n) is 2.29. The highest BCUT2D eigenvalue weighted by molar-refractivity contribution is 5.39. The second-order valence-electron chi connectivity index (χ2n) is 5.08. The van der Waals surface area contributed by atoms with E-state index in [2.05, 4.69) is 15.3 Å². The van der Waals surface area contributed by atoms with Crippen LogP contribution in [0.15, 0.2) is 6.20 Å². The lowest BCUT2D eigenvalue weighted by molar-refractivity contribution is 0.133. The van der Waals surface area contributed by atoms with E-state index in [0.29, 0.717) is 6.61 Å². The van der Waals surface area contributed by atoms with Crippen molar-refractivity contribution < 1.29 is 9.84 Å². The van der Waals surface area contributed by atoms with E-state index in [9.17, 15) is 5.11 Å². The molecular weight excluding hydrogens is 230 g/mol. The fraction of sp³-hybridized carbons (Fsp3) is 0.692. The standard InChI is InChI=1S/C13H21N3O2/c1-10-7-14-11(2)12(16-10)15-8-13(3-5-17)4-6-18-9-13/h7,17H,3-6,8-9H2,1-2H3,(H,15,16). The summed E-state index contributed by atoms with van der Waals surface area (Å²) in [6.07, 6.45) is 3.51. The van der Waals surface area contributed by atoms with Gasteiger partial charge in [-0.3, -0.25) is 4.98 Å². The summed E-state index contributed by atoms with van der Waals surface area (Å²) < 4.78 is 5.47. The Morgan fingerprint density at radius 1 is 1.50 bits per heavy atom. The Morgan fingerprint density at radius 2 is 2.33 bits per heavy atom. The van der Waals surface area contributed by atoms with Gasteiger partial charge in [-0.2, -0.15) is 0 Å². The lowest BCUT2D eigenvalue weighted by Gasteiger charge is -2.27. The molecule has 5 nitrogen and oxygen atoms in total. The van der Waals surface area contributed by atoms with Crippen molar-refractivity contribution in [1.82, 2.24) is 9.97 Å². The van der Waals surface area contributed by atoms with Gasteiger partial charge in [0.1, 0.15) is 5.82 Å². The average Bonchev–Trinajstić information content (AvgIpc) is 2.80. The zero-order chi connectivity index (χ0) is 13.0. The lowest BCUT2D eigenvalue weighted by Crippen LogP contribution is -2.32. The Labute approximate surface area is 108 Å². The summed E-state index contributed by atoms with van der Waals surface area (Å²) in [4.78, 5) is 8.73. The number of ether oxygens (including phenoxy) is 1. The highest BCUT2D eigenvalue weighted by Crippen LogP contribution is 2.32. The molecule has 1 aromatic rings. The number of rotatable bonds is 5. The van der Waals surface area contributed by atoms with Gasteiger partial charge in [-0.1, -0.05) is 0 Å². The summed E-state index contributed by atoms with van der Waals surface area (Å²) in [5.41, 5.74) is 1.84. The average molecular weight is 251 g/mol. The molecule has 0 aliphatic carbocycles. The molecule has 100 valence electrons. The zero-order valence-corrected chi connectivity index (χ0v) is 11.1. The molecule has 0 spiro atoms. The Morgan fingerprint density at radius 3 is 3.00 bits per heavy atom. The van der Waals surface area contributed by atoms with Crippen molar-refractivity contribution in [1.29, 1.82) is 0 Å². The molecule has 18 heavy (non-hydrogen) atoms. The van der Waals surface area contributed by atoms with Crippen LogP contribution in [-0.2, 0) is 4.74 Å². The zero-order valence-electron chi connectivity index (χ0n) is 11.1. The third-order valence-corrected chi connectivity index (χ3v) is 3.53. The Kier molecular flexibility index (Phi) is 4.14. The topological polar surface area (TPSA) is 67.3 Å². The maximum Gasteiger partial charge on any atom is 0.147 e. The molecule has 1 atom stereocenters. The number of anilines is 1. The third-order valence-electron chi connectivity index (χ3n) is 3.53. The summed E-state index contributed by atoms with van der Waals surface area (Å²) in [6, 6.07) is 0. The molecule has 0 aromatic carbocycles. The monoisotopic (exact) mass is 251 g/mol. The van der Waals surface area contributed by atoms with Crippen molar-refractivity contribution in [2.45, 2.75) is 26.7 Å². The number of nitrogens with zero attached hydrogens (tertiary/aromatic N) is 2. The number of aromatic nitrogens is 2. The van der Waals surface area contributed by atoms with Crippen LogP contribution in [0.25, 0.3) is 0 Å². The summed E-state index contributed by atoms with van der Waals surface area (Å²) in [5.74, 6) is 0.833. The number of hydrogen-bond donors (Lipinski definition) is 2. The van der Waals surface area contributed by atoms with Gasteiger partial charge in [-0.15, -0.1) is 0 Å². The van der Waals surface area contributed by atoms with Gasteiger partial charge >= 0.3 is 0 Å². The smallest absolute Gasteiger partial charge is 0.147 e. The Balaban J connectivity index is 2.03. The van der Waals surface area contributed by atoms with E-state index in [1.54, 1.807) is 6.20 Å². The van der Waals surface area contributed by atoms with Gasteiger partial charge in [0.05, 0.1) is 18.0 Å². The predicted molar refractivity (Wildman–Crippen MR) is 69.6 cm³/mol. The second kappa shape index (κ2) is 5.63. The minimum atomic E-state index is 0.0343. The summed E-state index contributed by atoms with van der Waals surface area (Å²) in [7, 11) is 0. The molecule has 1 aliphatic rings. The van der Waals surface area contributed by atoms with E-state index in [1.807, 2.05) is 13.8 Å². The van der Waals surface area contributed by atoms with Gasteiger partial charge in [-0.25, -0.2) is 4.98 Å². The van der Waals surface area contributed by atoms with Crippen molar-refractivity contribution in [3.8, 4) is 0 Å². The molecule has 2 rings (SSSR count). The number of nitrogens with one attached hydrogen (secondary N) is 1. The predicted octanol–water partition coefficient (Wildman–Crippen LogP) is 1.29. The number of aliphatic hydroxyl groups is 1. The largest absolute Gasteiger partial charge is 0.396 e. The number of aliphatic hydroxyl groups excluding tert-OH is 1. The van der Waals surface area contributed by atoms with Crippen LogP contribution < -0.4 is 5.32 Å². The first-order chi connectivity index (χ1) is 8.65. The molecule has 0 bridgehead atoms. The lowest BCUT2D eigenvalue weighted by atomic mass is 9.84. The van der Waals surface area contributed by atoms with Crippen molar-refractivity contribution >= 4 is 5.82 Å². The minimum absolute atomic E-state index is 0.0343. The second-order valence-corrected chi connectivity index (χ2v) is 5.08. The molecular formula is C13H21N3O2. The first kappa shape index (κ1) is 13.2. The highest BCUT2D eigenvalue weighted by Gasteiger charge is 2.34. The SMILES string of the molecule is Cc1cnc(C)c(NCC2(CCO)CCOC2)n1. The van der Waals surface area contributed by atoms with Crippen molar-refractivity contribution in [3.63, 3.8) is 0 Å². The molecule has 1 aliphatic heterocycles. The molecule has 1 unspecified atom stereocenters. The van der Waals surface area contributed by atoms with E-state index >= 15 is 0 Å². The normalized spacial score (nSPS) is 23.3. The first-order valence-corrected chi connectivity index (χ1v) is 6.38. The maximum atomic E-state index is 9.18. The van der Waals surface area contributed by atoms with Gasteiger partial charge in [0.2, 0.25) is 0 Å². The minimum Gasteiger partial charge on any atom is -0.396 e. The molecule has 0 saturated carbocycles. The summed E-state index contributed by atoms with van der Waals surface area (Å²) in [5, 5.41) is 12.5. The van der Waals surface area contributed by atoms with E-state index in [1.165, 1.54) is 0 Å². The molecule has 1 fully saturated rings. The van der Waals surface area contributed by atoms with Crippen LogP contribution in [0.2, 0.25) is 0 Å². The first-order valence-electron chi connectivity index (χ1n) is 6.38. The van der Waals surface area contributed by atoms with Gasteiger partial charge in [0.15, 0.2) is 0 Å². The summed E-state index contributed by atoms with van der Waals surface area (Å²) in [6.45, 7) is 6.33. The van der Waals surface area contributed by atoms with Crippen LogP contribution in [0.5, 0.6) is 0 Å². The molecule has 2 heterocycles. The van der Waals surface area contributed by atoms with Crippen LogP contribution in [0.4, 0.5) is 5.82 Å². The van der Waals surface area contributed by atoms with E-state index < -0.39 is 0 Å². The molecule has 2 N–H and O–H groups in total. The van der Waals surface area contributed by atoms with E-state index in [-0.39, 0.29) is 12.0 Å². The van der Waals surface area contributed by atoms with Crippen LogP contribution in [-0.4, -0.2) is 41.4 Å². The van der Waals surface area contributed by atoms with Gasteiger partial charge in [0.25, 0.3) is 0 Å². The molecule has 1 saturated heterocycles. The van der Waals surface area contributed by atoms with Crippen LogP contribution in [0, 0.1) is 19.3 Å². The van der Waals surface area contributed by atoms with Gasteiger partial charge in [0, 0.05) is 31.4 Å². The van der Waals surface area contributed by atoms with Crippen molar-refractivity contribution in [2.24, 2.45) is 5.41 Å². The number of hydrogen-bond acceptors (Lipinski definition) is 5. The fourth-order valence-corrected chi connectivity index (χ4v) is 2.29. The van der Waals surface area contributed by atoms with E-state index in [4.69, 9.17) is 4.74 Å². The highest BCUT2D eigenvalue weighted by atomic mass is 16.5. The van der Waals surface area contributed by atoms with E-state index in [0.717, 1.165) is 43.2 Å². The van der Waals surface area contributed by atoms with Crippen molar-refractivity contribution in [2.75, 3.05) is 31.7 Å². The van der Waals surface area contributed by atoms with Crippen LogP contribution in [0.1, 0.15) is 24.2 Å². The quantitative estimate of drug-likeness (QED) is 0.825.